The van der Waals surface area contributed by atoms with Gasteiger partial charge in [0.25, 0.3) is 0 Å². The third-order valence-corrected chi connectivity index (χ3v) is 6.17. The smallest absolute Gasteiger partial charge is 0.238 e. The molecule has 0 bridgehead atoms. The summed E-state index contributed by atoms with van der Waals surface area (Å²) in [4.78, 5) is 12.6. The van der Waals surface area contributed by atoms with Gasteiger partial charge in [0.05, 0.1) is 5.69 Å². The number of carbonyl (C=O) groups is 1. The molecule has 2 aromatic rings. The van der Waals surface area contributed by atoms with E-state index in [9.17, 15) is 13.2 Å². The van der Waals surface area contributed by atoms with Crippen LogP contribution in [0, 0.1) is 13.8 Å². The SMILES string of the molecule is CSCC[C@H](NS(=O)(=O)/C=C/c1ccccc1)C(=O)NCCCn1nc(C)cc1C. The number of carbonyl (C=O) groups excluding carboxylic acids is 1. The quantitative estimate of drug-likeness (QED) is 0.485. The van der Waals surface area contributed by atoms with Crippen molar-refractivity contribution in [1.29, 1.82) is 0 Å². The van der Waals surface area contributed by atoms with Gasteiger partial charge in [-0.3, -0.25) is 9.48 Å². The van der Waals surface area contributed by atoms with E-state index in [2.05, 4.69) is 15.1 Å². The molecule has 0 radical (unpaired) electrons. The number of amides is 1. The van der Waals surface area contributed by atoms with E-state index in [0.717, 1.165) is 22.4 Å². The molecule has 1 aromatic heterocycles. The lowest BCUT2D eigenvalue weighted by atomic mass is 10.2. The Morgan fingerprint density at radius 2 is 2.00 bits per heavy atom. The first-order valence-electron chi connectivity index (χ1n) is 9.84. The Bertz CT molecular complexity index is 940. The molecule has 2 rings (SSSR count). The molecule has 0 aliphatic heterocycles. The van der Waals surface area contributed by atoms with Crippen LogP contribution in [0.2, 0.25) is 0 Å². The van der Waals surface area contributed by atoms with E-state index >= 15 is 0 Å². The molecule has 2 N–H and O–H groups in total. The summed E-state index contributed by atoms with van der Waals surface area (Å²) in [6, 6.07) is 10.4. The molecule has 0 unspecified atom stereocenters. The normalized spacial score (nSPS) is 12.9. The van der Waals surface area contributed by atoms with Gasteiger partial charge in [0.15, 0.2) is 0 Å². The fraction of sp³-hybridized carbons (Fsp3) is 0.429. The monoisotopic (exact) mass is 450 g/mol. The van der Waals surface area contributed by atoms with Crippen LogP contribution in [0.15, 0.2) is 41.8 Å². The molecule has 7 nitrogen and oxygen atoms in total. The van der Waals surface area contributed by atoms with E-state index in [1.165, 1.54) is 6.08 Å². The Balaban J connectivity index is 1.90. The number of nitrogens with zero attached hydrogens (tertiary/aromatic N) is 2. The number of hydrogen-bond donors (Lipinski definition) is 2. The number of benzene rings is 1. The number of aryl methyl sites for hydroxylation is 3. The van der Waals surface area contributed by atoms with Crippen molar-refractivity contribution in [2.24, 2.45) is 0 Å². The van der Waals surface area contributed by atoms with Crippen LogP contribution in [-0.2, 0) is 21.4 Å². The maximum Gasteiger partial charge on any atom is 0.238 e. The Morgan fingerprint density at radius 1 is 1.27 bits per heavy atom. The van der Waals surface area contributed by atoms with Crippen LogP contribution in [0.5, 0.6) is 0 Å². The summed E-state index contributed by atoms with van der Waals surface area (Å²) in [7, 11) is -3.75. The second-order valence-electron chi connectivity index (χ2n) is 7.01. The van der Waals surface area contributed by atoms with Crippen molar-refractivity contribution in [3.8, 4) is 0 Å². The van der Waals surface area contributed by atoms with Crippen molar-refractivity contribution in [1.82, 2.24) is 19.8 Å². The minimum Gasteiger partial charge on any atom is -0.355 e. The lowest BCUT2D eigenvalue weighted by Gasteiger charge is -2.17. The molecule has 0 saturated carbocycles. The highest BCUT2D eigenvalue weighted by Gasteiger charge is 2.22. The molecule has 164 valence electrons. The first-order valence-corrected chi connectivity index (χ1v) is 12.8. The Morgan fingerprint density at radius 3 is 2.63 bits per heavy atom. The molecule has 0 saturated heterocycles. The van der Waals surface area contributed by atoms with Gasteiger partial charge in [0, 0.05) is 24.2 Å². The topological polar surface area (TPSA) is 93.1 Å². The van der Waals surface area contributed by atoms with Gasteiger partial charge in [-0.15, -0.1) is 0 Å². The van der Waals surface area contributed by atoms with E-state index < -0.39 is 16.1 Å². The Hall–Kier alpha value is -2.10. The van der Waals surface area contributed by atoms with Crippen LogP contribution < -0.4 is 10.0 Å². The lowest BCUT2D eigenvalue weighted by molar-refractivity contribution is -0.122. The van der Waals surface area contributed by atoms with Crippen molar-refractivity contribution < 1.29 is 13.2 Å². The van der Waals surface area contributed by atoms with Crippen molar-refractivity contribution in [2.45, 2.75) is 39.3 Å². The molecule has 9 heteroatoms. The molecular weight excluding hydrogens is 420 g/mol. The summed E-state index contributed by atoms with van der Waals surface area (Å²) in [5.74, 6) is 0.364. The average molecular weight is 451 g/mol. The number of nitrogens with one attached hydrogen (secondary N) is 2. The van der Waals surface area contributed by atoms with Crippen molar-refractivity contribution in [3.63, 3.8) is 0 Å². The van der Waals surface area contributed by atoms with E-state index in [1.807, 2.05) is 61.2 Å². The first-order chi connectivity index (χ1) is 14.3. The van der Waals surface area contributed by atoms with Gasteiger partial charge in [-0.25, -0.2) is 8.42 Å². The summed E-state index contributed by atoms with van der Waals surface area (Å²) in [6.07, 6.45) is 4.57. The molecule has 1 aromatic carbocycles. The molecule has 1 heterocycles. The lowest BCUT2D eigenvalue weighted by Crippen LogP contribution is -2.46. The number of thioether (sulfide) groups is 1. The zero-order valence-corrected chi connectivity index (χ0v) is 19.3. The number of rotatable bonds is 12. The van der Waals surface area contributed by atoms with Gasteiger partial charge < -0.3 is 5.32 Å². The molecule has 1 amide bonds. The van der Waals surface area contributed by atoms with Crippen LogP contribution in [-0.4, -0.2) is 48.7 Å². The van der Waals surface area contributed by atoms with Crippen LogP contribution in [0.4, 0.5) is 0 Å². The predicted molar refractivity (Wildman–Crippen MR) is 124 cm³/mol. The zero-order chi connectivity index (χ0) is 22.0. The third kappa shape index (κ3) is 8.33. The summed E-state index contributed by atoms with van der Waals surface area (Å²) < 4.78 is 29.3. The van der Waals surface area contributed by atoms with Crippen LogP contribution in [0.1, 0.15) is 29.8 Å². The minimum atomic E-state index is -3.75. The van der Waals surface area contributed by atoms with E-state index in [1.54, 1.807) is 11.8 Å². The van der Waals surface area contributed by atoms with Crippen molar-refractivity contribution in [2.75, 3.05) is 18.6 Å². The van der Waals surface area contributed by atoms with E-state index in [-0.39, 0.29) is 5.91 Å². The summed E-state index contributed by atoms with van der Waals surface area (Å²) in [5, 5.41) is 8.34. The van der Waals surface area contributed by atoms with Crippen LogP contribution in [0.3, 0.4) is 0 Å². The number of aromatic nitrogens is 2. The minimum absolute atomic E-state index is 0.311. The molecule has 0 fully saturated rings. The maximum absolute atomic E-state index is 12.6. The fourth-order valence-electron chi connectivity index (χ4n) is 2.91. The second kappa shape index (κ2) is 11.9. The van der Waals surface area contributed by atoms with Gasteiger partial charge in [0.2, 0.25) is 15.9 Å². The largest absolute Gasteiger partial charge is 0.355 e. The van der Waals surface area contributed by atoms with Crippen molar-refractivity contribution >= 4 is 33.8 Å². The van der Waals surface area contributed by atoms with Crippen LogP contribution >= 0.6 is 11.8 Å². The van der Waals surface area contributed by atoms with E-state index in [0.29, 0.717) is 31.7 Å². The molecule has 0 spiro atoms. The van der Waals surface area contributed by atoms with Crippen LogP contribution in [0.25, 0.3) is 6.08 Å². The van der Waals surface area contributed by atoms with Gasteiger partial charge in [-0.1, -0.05) is 30.3 Å². The summed E-state index contributed by atoms with van der Waals surface area (Å²) in [6.45, 7) is 5.09. The Labute approximate surface area is 183 Å². The molecule has 1 atom stereocenters. The van der Waals surface area contributed by atoms with Gasteiger partial charge >= 0.3 is 0 Å². The van der Waals surface area contributed by atoms with Gasteiger partial charge in [-0.05, 0) is 56.4 Å². The van der Waals surface area contributed by atoms with E-state index in [4.69, 9.17) is 0 Å². The van der Waals surface area contributed by atoms with Crippen molar-refractivity contribution in [3.05, 3.63) is 58.8 Å². The highest BCUT2D eigenvalue weighted by molar-refractivity contribution is 7.98. The molecule has 30 heavy (non-hydrogen) atoms. The number of hydrogen-bond acceptors (Lipinski definition) is 5. The second-order valence-corrected chi connectivity index (χ2v) is 9.59. The van der Waals surface area contributed by atoms with Gasteiger partial charge in [-0.2, -0.15) is 21.6 Å². The average Bonchev–Trinajstić information content (AvgIpc) is 3.04. The predicted octanol–water partition coefficient (Wildman–Crippen LogP) is 2.72. The highest BCUT2D eigenvalue weighted by Crippen LogP contribution is 2.07. The summed E-state index contributed by atoms with van der Waals surface area (Å²) >= 11 is 1.57. The maximum atomic E-state index is 12.6. The molecule has 0 aliphatic rings. The highest BCUT2D eigenvalue weighted by atomic mass is 32.2. The third-order valence-electron chi connectivity index (χ3n) is 4.42. The Kier molecular flexibility index (Phi) is 9.61. The first kappa shape index (κ1) is 24.2. The standard InChI is InChI=1S/C21H30N4O3S2/c1-17-16-18(2)25(23-17)13-7-12-22-21(26)20(10-14-29-3)24-30(27,28)15-11-19-8-5-4-6-9-19/h4-6,8-9,11,15-16,20,24H,7,10,12-14H2,1-3H3,(H,22,26)/b15-11+/t20-/m0/s1. The summed E-state index contributed by atoms with van der Waals surface area (Å²) in [5.41, 5.74) is 2.82. The number of sulfonamides is 1. The zero-order valence-electron chi connectivity index (χ0n) is 17.7. The molecular formula is C21H30N4O3S2. The molecule has 0 aliphatic carbocycles. The fourth-order valence-corrected chi connectivity index (χ4v) is 4.42. The van der Waals surface area contributed by atoms with Gasteiger partial charge in [0.1, 0.15) is 6.04 Å².